The SMILES string of the molecule is COc1nc(NC(C)c2ccc(Cl)cc2)ccc1N. The van der Waals surface area contributed by atoms with Crippen LogP contribution in [0.3, 0.4) is 0 Å². The molecule has 2 rings (SSSR count). The number of ether oxygens (including phenoxy) is 1. The number of rotatable bonds is 4. The van der Waals surface area contributed by atoms with Crippen LogP contribution in [0.15, 0.2) is 36.4 Å². The van der Waals surface area contributed by atoms with E-state index in [1.165, 1.54) is 0 Å². The van der Waals surface area contributed by atoms with Gasteiger partial charge in [0, 0.05) is 11.1 Å². The molecule has 0 aliphatic heterocycles. The van der Waals surface area contributed by atoms with Crippen molar-refractivity contribution >= 4 is 23.1 Å². The fourth-order valence-electron chi connectivity index (χ4n) is 1.75. The maximum Gasteiger partial charge on any atom is 0.238 e. The monoisotopic (exact) mass is 277 g/mol. The highest BCUT2D eigenvalue weighted by molar-refractivity contribution is 6.30. The number of aromatic nitrogens is 1. The van der Waals surface area contributed by atoms with Crippen LogP contribution in [0.2, 0.25) is 5.02 Å². The molecule has 0 aliphatic carbocycles. The van der Waals surface area contributed by atoms with Gasteiger partial charge >= 0.3 is 0 Å². The molecule has 0 saturated heterocycles. The second-order valence-corrected chi connectivity index (χ2v) is 4.65. The predicted octanol–water partition coefficient (Wildman–Crippen LogP) is 3.50. The van der Waals surface area contributed by atoms with E-state index >= 15 is 0 Å². The molecule has 19 heavy (non-hydrogen) atoms. The first-order chi connectivity index (χ1) is 9.10. The molecule has 5 heteroatoms. The lowest BCUT2D eigenvalue weighted by atomic mass is 10.1. The fourth-order valence-corrected chi connectivity index (χ4v) is 1.88. The lowest BCUT2D eigenvalue weighted by Gasteiger charge is -2.16. The van der Waals surface area contributed by atoms with Gasteiger partial charge in [0.25, 0.3) is 0 Å². The average Bonchev–Trinajstić information content (AvgIpc) is 2.41. The van der Waals surface area contributed by atoms with Gasteiger partial charge in [-0.2, -0.15) is 4.98 Å². The summed E-state index contributed by atoms with van der Waals surface area (Å²) >= 11 is 5.87. The van der Waals surface area contributed by atoms with Crippen molar-refractivity contribution in [2.75, 3.05) is 18.2 Å². The molecule has 4 nitrogen and oxygen atoms in total. The van der Waals surface area contributed by atoms with Gasteiger partial charge < -0.3 is 15.8 Å². The summed E-state index contributed by atoms with van der Waals surface area (Å²) in [6, 6.07) is 11.4. The highest BCUT2D eigenvalue weighted by Crippen LogP contribution is 2.24. The maximum atomic E-state index is 5.87. The number of nitrogens with two attached hydrogens (primary N) is 1. The maximum absolute atomic E-state index is 5.87. The summed E-state index contributed by atoms with van der Waals surface area (Å²) in [7, 11) is 1.55. The molecule has 0 amide bonds. The topological polar surface area (TPSA) is 60.2 Å². The van der Waals surface area contributed by atoms with Crippen LogP contribution in [0, 0.1) is 0 Å². The van der Waals surface area contributed by atoms with Crippen LogP contribution in [0.4, 0.5) is 11.5 Å². The van der Waals surface area contributed by atoms with Crippen molar-refractivity contribution in [3.05, 3.63) is 47.0 Å². The molecule has 0 saturated carbocycles. The number of nitrogen functional groups attached to an aromatic ring is 1. The molecule has 1 aromatic heterocycles. The van der Waals surface area contributed by atoms with Crippen molar-refractivity contribution in [1.29, 1.82) is 0 Å². The molecular weight excluding hydrogens is 262 g/mol. The van der Waals surface area contributed by atoms with E-state index in [0.717, 1.165) is 10.6 Å². The largest absolute Gasteiger partial charge is 0.479 e. The zero-order valence-electron chi connectivity index (χ0n) is 10.9. The lowest BCUT2D eigenvalue weighted by molar-refractivity contribution is 0.401. The van der Waals surface area contributed by atoms with E-state index in [4.69, 9.17) is 22.1 Å². The van der Waals surface area contributed by atoms with Crippen molar-refractivity contribution in [2.24, 2.45) is 0 Å². The summed E-state index contributed by atoms with van der Waals surface area (Å²) in [6.07, 6.45) is 0. The third-order valence-corrected chi connectivity index (χ3v) is 3.07. The van der Waals surface area contributed by atoms with E-state index < -0.39 is 0 Å². The Morgan fingerprint density at radius 1 is 1.21 bits per heavy atom. The Kier molecular flexibility index (Phi) is 4.12. The molecule has 0 radical (unpaired) electrons. The van der Waals surface area contributed by atoms with E-state index in [-0.39, 0.29) is 6.04 Å². The zero-order chi connectivity index (χ0) is 13.8. The summed E-state index contributed by atoms with van der Waals surface area (Å²) in [5, 5.41) is 4.02. The van der Waals surface area contributed by atoms with Crippen molar-refractivity contribution in [3.63, 3.8) is 0 Å². The van der Waals surface area contributed by atoms with Gasteiger partial charge in [-0.15, -0.1) is 0 Å². The molecule has 0 fully saturated rings. The van der Waals surface area contributed by atoms with E-state index in [1.54, 1.807) is 13.2 Å². The first-order valence-electron chi connectivity index (χ1n) is 5.92. The first kappa shape index (κ1) is 13.5. The number of hydrogen-bond acceptors (Lipinski definition) is 4. The summed E-state index contributed by atoms with van der Waals surface area (Å²) < 4.78 is 5.10. The molecule has 1 aromatic carbocycles. The minimum Gasteiger partial charge on any atom is -0.479 e. The summed E-state index contributed by atoms with van der Waals surface area (Å²) in [4.78, 5) is 4.29. The Hall–Kier alpha value is -1.94. The van der Waals surface area contributed by atoms with Gasteiger partial charge in [-0.3, -0.25) is 0 Å². The number of anilines is 2. The minimum atomic E-state index is 0.109. The highest BCUT2D eigenvalue weighted by atomic mass is 35.5. The molecule has 1 unspecified atom stereocenters. The second kappa shape index (κ2) is 5.80. The van der Waals surface area contributed by atoms with E-state index in [0.29, 0.717) is 17.4 Å². The van der Waals surface area contributed by atoms with Crippen LogP contribution in [0.1, 0.15) is 18.5 Å². The zero-order valence-corrected chi connectivity index (χ0v) is 11.6. The number of pyridine rings is 1. The van der Waals surface area contributed by atoms with Gasteiger partial charge in [-0.25, -0.2) is 0 Å². The van der Waals surface area contributed by atoms with Crippen LogP contribution in [0.5, 0.6) is 5.88 Å². The van der Waals surface area contributed by atoms with Gasteiger partial charge in [0.2, 0.25) is 5.88 Å². The van der Waals surface area contributed by atoms with Crippen LogP contribution in [-0.4, -0.2) is 12.1 Å². The van der Waals surface area contributed by atoms with Crippen molar-refractivity contribution < 1.29 is 4.74 Å². The number of methoxy groups -OCH3 is 1. The van der Waals surface area contributed by atoms with Crippen LogP contribution in [-0.2, 0) is 0 Å². The smallest absolute Gasteiger partial charge is 0.238 e. The predicted molar refractivity (Wildman–Crippen MR) is 78.7 cm³/mol. The molecule has 0 aliphatic rings. The first-order valence-corrected chi connectivity index (χ1v) is 6.30. The number of nitrogens with zero attached hydrogens (tertiary/aromatic N) is 1. The quantitative estimate of drug-likeness (QED) is 0.898. The van der Waals surface area contributed by atoms with Crippen LogP contribution in [0.25, 0.3) is 0 Å². The normalized spacial score (nSPS) is 11.9. The van der Waals surface area contributed by atoms with Crippen molar-refractivity contribution in [1.82, 2.24) is 4.98 Å². The molecule has 2 aromatic rings. The molecule has 1 atom stereocenters. The lowest BCUT2D eigenvalue weighted by Crippen LogP contribution is -2.08. The number of nitrogens with one attached hydrogen (secondary N) is 1. The molecule has 3 N–H and O–H groups in total. The van der Waals surface area contributed by atoms with Crippen LogP contribution >= 0.6 is 11.6 Å². The highest BCUT2D eigenvalue weighted by Gasteiger charge is 2.08. The van der Waals surface area contributed by atoms with Gasteiger partial charge in [-0.05, 0) is 36.8 Å². The number of halogens is 1. The molecule has 0 bridgehead atoms. The van der Waals surface area contributed by atoms with E-state index in [1.807, 2.05) is 37.3 Å². The summed E-state index contributed by atoms with van der Waals surface area (Å²) in [6.45, 7) is 2.05. The average molecular weight is 278 g/mol. The fraction of sp³-hybridized carbons (Fsp3) is 0.214. The Morgan fingerprint density at radius 3 is 2.53 bits per heavy atom. The second-order valence-electron chi connectivity index (χ2n) is 4.21. The van der Waals surface area contributed by atoms with Gasteiger partial charge in [-0.1, -0.05) is 23.7 Å². The Morgan fingerprint density at radius 2 is 1.89 bits per heavy atom. The molecule has 1 heterocycles. The third kappa shape index (κ3) is 3.29. The van der Waals surface area contributed by atoms with Gasteiger partial charge in [0.1, 0.15) is 5.82 Å². The summed E-state index contributed by atoms with van der Waals surface area (Å²) in [5.41, 5.74) is 7.38. The van der Waals surface area contributed by atoms with Crippen LogP contribution < -0.4 is 15.8 Å². The van der Waals surface area contributed by atoms with Gasteiger partial charge in [0.15, 0.2) is 0 Å². The molecule has 0 spiro atoms. The van der Waals surface area contributed by atoms with Gasteiger partial charge in [0.05, 0.1) is 12.8 Å². The van der Waals surface area contributed by atoms with Crippen molar-refractivity contribution in [2.45, 2.75) is 13.0 Å². The number of benzene rings is 1. The standard InChI is InChI=1S/C14H16ClN3O/c1-9(10-3-5-11(15)6-4-10)17-13-8-7-12(16)14(18-13)19-2/h3-9H,16H2,1-2H3,(H,17,18). The summed E-state index contributed by atoms with van der Waals surface area (Å²) in [5.74, 6) is 1.14. The third-order valence-electron chi connectivity index (χ3n) is 2.82. The van der Waals surface area contributed by atoms with E-state index in [2.05, 4.69) is 10.3 Å². The Labute approximate surface area is 117 Å². The molecular formula is C14H16ClN3O. The van der Waals surface area contributed by atoms with E-state index in [9.17, 15) is 0 Å². The Balaban J connectivity index is 2.14. The number of hydrogen-bond donors (Lipinski definition) is 2. The van der Waals surface area contributed by atoms with Crippen molar-refractivity contribution in [3.8, 4) is 5.88 Å². The Bertz CT molecular complexity index is 557. The molecule has 100 valence electrons. The minimum absolute atomic E-state index is 0.109.